The third-order valence-corrected chi connectivity index (χ3v) is 3.38. The van der Waals surface area contributed by atoms with Crippen LogP contribution in [0.25, 0.3) is 0 Å². The van der Waals surface area contributed by atoms with Gasteiger partial charge in [0.25, 0.3) is 0 Å². The van der Waals surface area contributed by atoms with Gasteiger partial charge in [0.1, 0.15) is 0 Å². The Morgan fingerprint density at radius 2 is 2.18 bits per heavy atom. The highest BCUT2D eigenvalue weighted by atomic mass is 15.2. The maximum Gasteiger partial charge on any atom is 0.224 e. The average Bonchev–Trinajstić information content (AvgIpc) is 2.38. The Morgan fingerprint density at radius 3 is 2.82 bits per heavy atom. The molecule has 2 heterocycles. The van der Waals surface area contributed by atoms with Gasteiger partial charge in [-0.15, -0.1) is 0 Å². The fourth-order valence-corrected chi connectivity index (χ4v) is 2.23. The molecule has 1 N–H and O–H groups in total. The number of hydrogen-bond donors (Lipinski definition) is 1. The summed E-state index contributed by atoms with van der Waals surface area (Å²) in [4.78, 5) is 10.8. The van der Waals surface area contributed by atoms with E-state index in [0.717, 1.165) is 24.0 Å². The van der Waals surface area contributed by atoms with Crippen molar-refractivity contribution in [1.82, 2.24) is 15.3 Å². The summed E-state index contributed by atoms with van der Waals surface area (Å²) in [5.74, 6) is 1.65. The molecule has 17 heavy (non-hydrogen) atoms. The zero-order valence-electron chi connectivity index (χ0n) is 10.8. The minimum atomic E-state index is 0.816. The van der Waals surface area contributed by atoms with Crippen molar-refractivity contribution in [2.45, 2.75) is 26.2 Å². The number of piperidine rings is 1. The summed E-state index contributed by atoms with van der Waals surface area (Å²) in [6.07, 6.45) is 7.65. The topological polar surface area (TPSA) is 41.1 Å². The molecular formula is C13H22N4. The van der Waals surface area contributed by atoms with Gasteiger partial charge in [-0.2, -0.15) is 0 Å². The van der Waals surface area contributed by atoms with Crippen molar-refractivity contribution in [3.63, 3.8) is 0 Å². The van der Waals surface area contributed by atoms with E-state index in [2.05, 4.69) is 27.2 Å². The Hall–Kier alpha value is -1.16. The molecule has 1 aromatic heterocycles. The molecule has 94 valence electrons. The predicted octanol–water partition coefficient (Wildman–Crippen LogP) is 1.61. The van der Waals surface area contributed by atoms with Crippen LogP contribution in [0.4, 0.5) is 5.95 Å². The molecule has 2 rings (SSSR count). The van der Waals surface area contributed by atoms with Crippen LogP contribution in [-0.2, 0) is 0 Å². The summed E-state index contributed by atoms with van der Waals surface area (Å²) in [7, 11) is 2.07. The van der Waals surface area contributed by atoms with Crippen molar-refractivity contribution in [2.75, 3.05) is 31.6 Å². The zero-order chi connectivity index (χ0) is 12.1. The van der Waals surface area contributed by atoms with E-state index in [1.54, 1.807) is 0 Å². The van der Waals surface area contributed by atoms with Gasteiger partial charge in [0.05, 0.1) is 0 Å². The van der Waals surface area contributed by atoms with Crippen LogP contribution >= 0.6 is 0 Å². The molecule has 1 saturated heterocycles. The minimum absolute atomic E-state index is 0.816. The van der Waals surface area contributed by atoms with Gasteiger partial charge in [-0.05, 0) is 50.8 Å². The van der Waals surface area contributed by atoms with E-state index in [1.807, 2.05) is 19.3 Å². The largest absolute Gasteiger partial charge is 0.344 e. The highest BCUT2D eigenvalue weighted by molar-refractivity contribution is 5.27. The van der Waals surface area contributed by atoms with E-state index in [9.17, 15) is 0 Å². The monoisotopic (exact) mass is 234 g/mol. The first-order chi connectivity index (χ1) is 8.25. The summed E-state index contributed by atoms with van der Waals surface area (Å²) in [5.41, 5.74) is 1.11. The standard InChI is InChI=1S/C13H22N4/c1-11-8-15-13(16-9-11)17(2)7-5-12-4-3-6-14-10-12/h8-9,12,14H,3-7,10H2,1-2H3. The molecule has 0 saturated carbocycles. The van der Waals surface area contributed by atoms with Crippen LogP contribution in [0.15, 0.2) is 12.4 Å². The van der Waals surface area contributed by atoms with E-state index in [0.29, 0.717) is 0 Å². The molecule has 1 unspecified atom stereocenters. The van der Waals surface area contributed by atoms with Crippen LogP contribution in [0.3, 0.4) is 0 Å². The van der Waals surface area contributed by atoms with Gasteiger partial charge < -0.3 is 10.2 Å². The van der Waals surface area contributed by atoms with Gasteiger partial charge in [0.15, 0.2) is 0 Å². The average molecular weight is 234 g/mol. The molecular weight excluding hydrogens is 212 g/mol. The van der Waals surface area contributed by atoms with Crippen molar-refractivity contribution in [3.05, 3.63) is 18.0 Å². The Balaban J connectivity index is 1.80. The maximum absolute atomic E-state index is 4.34. The summed E-state index contributed by atoms with van der Waals surface area (Å²) in [5, 5.41) is 3.46. The fourth-order valence-electron chi connectivity index (χ4n) is 2.23. The molecule has 1 fully saturated rings. The van der Waals surface area contributed by atoms with Gasteiger partial charge in [-0.3, -0.25) is 0 Å². The molecule has 0 aliphatic carbocycles. The van der Waals surface area contributed by atoms with Crippen LogP contribution in [-0.4, -0.2) is 36.6 Å². The number of nitrogens with one attached hydrogen (secondary N) is 1. The molecule has 0 amide bonds. The molecule has 1 aliphatic heterocycles. The summed E-state index contributed by atoms with van der Waals surface area (Å²) in [6.45, 7) is 5.41. The van der Waals surface area contributed by atoms with Crippen molar-refractivity contribution < 1.29 is 0 Å². The fraction of sp³-hybridized carbons (Fsp3) is 0.692. The van der Waals surface area contributed by atoms with Crippen LogP contribution in [0, 0.1) is 12.8 Å². The SMILES string of the molecule is Cc1cnc(N(C)CCC2CCCNC2)nc1. The Kier molecular flexibility index (Phi) is 4.31. The second kappa shape index (κ2) is 5.96. The van der Waals surface area contributed by atoms with Gasteiger partial charge in [0, 0.05) is 26.0 Å². The molecule has 0 spiro atoms. The van der Waals surface area contributed by atoms with Gasteiger partial charge in [-0.1, -0.05) is 0 Å². The molecule has 0 radical (unpaired) electrons. The summed E-state index contributed by atoms with van der Waals surface area (Å²) in [6, 6.07) is 0. The second-order valence-electron chi connectivity index (χ2n) is 4.98. The van der Waals surface area contributed by atoms with E-state index in [-0.39, 0.29) is 0 Å². The quantitative estimate of drug-likeness (QED) is 0.859. The molecule has 4 nitrogen and oxygen atoms in total. The van der Waals surface area contributed by atoms with Crippen molar-refractivity contribution in [2.24, 2.45) is 5.92 Å². The Bertz CT molecular complexity index is 330. The number of nitrogens with zero attached hydrogens (tertiary/aromatic N) is 3. The number of anilines is 1. The lowest BCUT2D eigenvalue weighted by atomic mass is 9.96. The predicted molar refractivity (Wildman–Crippen MR) is 70.2 cm³/mol. The summed E-state index contributed by atoms with van der Waals surface area (Å²) >= 11 is 0. The molecule has 1 atom stereocenters. The van der Waals surface area contributed by atoms with Crippen LogP contribution in [0.2, 0.25) is 0 Å². The van der Waals surface area contributed by atoms with Crippen LogP contribution in [0.5, 0.6) is 0 Å². The highest BCUT2D eigenvalue weighted by Gasteiger charge is 2.14. The first-order valence-corrected chi connectivity index (χ1v) is 6.46. The zero-order valence-corrected chi connectivity index (χ0v) is 10.8. The lowest BCUT2D eigenvalue weighted by molar-refractivity contribution is 0.360. The first kappa shape index (κ1) is 12.3. The van der Waals surface area contributed by atoms with Crippen LogP contribution in [0.1, 0.15) is 24.8 Å². The van der Waals surface area contributed by atoms with Crippen molar-refractivity contribution in [1.29, 1.82) is 0 Å². The normalized spacial score (nSPS) is 20.2. The minimum Gasteiger partial charge on any atom is -0.344 e. The number of hydrogen-bond acceptors (Lipinski definition) is 4. The molecule has 0 bridgehead atoms. The molecule has 1 aliphatic rings. The number of rotatable bonds is 4. The molecule has 1 aromatic rings. The third kappa shape index (κ3) is 3.66. The maximum atomic E-state index is 4.34. The van der Waals surface area contributed by atoms with Gasteiger partial charge in [0.2, 0.25) is 5.95 Å². The van der Waals surface area contributed by atoms with Crippen LogP contribution < -0.4 is 10.2 Å². The smallest absolute Gasteiger partial charge is 0.224 e. The second-order valence-corrected chi connectivity index (χ2v) is 4.98. The molecule has 4 heteroatoms. The first-order valence-electron chi connectivity index (χ1n) is 6.46. The van der Waals surface area contributed by atoms with E-state index < -0.39 is 0 Å². The highest BCUT2D eigenvalue weighted by Crippen LogP contribution is 2.15. The van der Waals surface area contributed by atoms with E-state index in [1.165, 1.54) is 32.4 Å². The van der Waals surface area contributed by atoms with Crippen molar-refractivity contribution >= 4 is 5.95 Å². The lowest BCUT2D eigenvalue weighted by Crippen LogP contribution is -2.32. The number of aromatic nitrogens is 2. The van der Waals surface area contributed by atoms with E-state index >= 15 is 0 Å². The lowest BCUT2D eigenvalue weighted by Gasteiger charge is -2.25. The van der Waals surface area contributed by atoms with E-state index in [4.69, 9.17) is 0 Å². The third-order valence-electron chi connectivity index (χ3n) is 3.38. The number of aryl methyl sites for hydroxylation is 1. The summed E-state index contributed by atoms with van der Waals surface area (Å²) < 4.78 is 0. The van der Waals surface area contributed by atoms with Gasteiger partial charge in [-0.25, -0.2) is 9.97 Å². The Morgan fingerprint density at radius 1 is 1.41 bits per heavy atom. The van der Waals surface area contributed by atoms with Crippen molar-refractivity contribution in [3.8, 4) is 0 Å². The van der Waals surface area contributed by atoms with Gasteiger partial charge >= 0.3 is 0 Å². The Labute approximate surface area is 103 Å². The molecule has 0 aromatic carbocycles.